The van der Waals surface area contributed by atoms with E-state index in [-0.39, 0.29) is 29.4 Å². The highest BCUT2D eigenvalue weighted by molar-refractivity contribution is 5.94. The van der Waals surface area contributed by atoms with E-state index in [9.17, 15) is 19.5 Å². The number of nitrogens with one attached hydrogen (secondary N) is 2. The Kier molecular flexibility index (Phi) is 6.74. The first-order valence-electron chi connectivity index (χ1n) is 11.1. The first-order valence-corrected chi connectivity index (χ1v) is 11.1. The van der Waals surface area contributed by atoms with Crippen LogP contribution in [-0.4, -0.2) is 61.4 Å². The molecule has 0 spiro atoms. The summed E-state index contributed by atoms with van der Waals surface area (Å²) in [6, 6.07) is 15.0. The first kappa shape index (κ1) is 23.8. The van der Waals surface area contributed by atoms with Gasteiger partial charge in [0.15, 0.2) is 0 Å². The molecule has 2 aromatic carbocycles. The van der Waals surface area contributed by atoms with Crippen LogP contribution >= 0.6 is 0 Å². The van der Waals surface area contributed by atoms with Crippen molar-refractivity contribution in [2.75, 3.05) is 18.4 Å². The normalized spacial score (nSPS) is 14.8. The van der Waals surface area contributed by atoms with Crippen LogP contribution in [0.5, 0.6) is 0 Å². The van der Waals surface area contributed by atoms with E-state index >= 15 is 0 Å². The third-order valence-corrected chi connectivity index (χ3v) is 6.06. The van der Waals surface area contributed by atoms with Gasteiger partial charge in [0.25, 0.3) is 11.5 Å². The molecule has 1 saturated heterocycles. The van der Waals surface area contributed by atoms with Crippen molar-refractivity contribution in [1.29, 1.82) is 5.41 Å². The number of likely N-dealkylation sites (tertiary alicyclic amines) is 1. The summed E-state index contributed by atoms with van der Waals surface area (Å²) in [5, 5.41) is 30.9. The molecular weight excluding hydrogens is 450 g/mol. The topological polar surface area (TPSA) is 149 Å². The number of carbonyl (C=O) groups excluding carboxylic acids is 1. The van der Waals surface area contributed by atoms with E-state index in [1.54, 1.807) is 41.3 Å². The maximum atomic E-state index is 13.0. The van der Waals surface area contributed by atoms with Gasteiger partial charge in [0.2, 0.25) is 0 Å². The molecular formula is C25H25N5O5. The number of aromatic carboxylic acids is 1. The number of nitrogens with zero attached hydrogens (tertiary/aromatic N) is 3. The number of benzene rings is 2. The van der Waals surface area contributed by atoms with E-state index in [2.05, 4.69) is 10.3 Å². The third kappa shape index (κ3) is 5.28. The molecule has 180 valence electrons. The number of piperidine rings is 1. The van der Waals surface area contributed by atoms with Crippen LogP contribution in [0.25, 0.3) is 0 Å². The summed E-state index contributed by atoms with van der Waals surface area (Å²) >= 11 is 0. The van der Waals surface area contributed by atoms with E-state index in [1.165, 1.54) is 23.0 Å². The quantitative estimate of drug-likeness (QED) is 0.383. The Morgan fingerprint density at radius 1 is 1.09 bits per heavy atom. The number of anilines is 2. The number of aromatic nitrogens is 2. The number of hydrogen-bond acceptors (Lipinski definition) is 7. The van der Waals surface area contributed by atoms with Gasteiger partial charge < -0.3 is 25.8 Å². The average molecular weight is 476 g/mol. The lowest BCUT2D eigenvalue weighted by Crippen LogP contribution is -2.49. The summed E-state index contributed by atoms with van der Waals surface area (Å²) in [7, 11) is 0. The second-order valence-corrected chi connectivity index (χ2v) is 8.48. The number of carboxylic acids is 1. The molecule has 0 unspecified atom stereocenters. The monoisotopic (exact) mass is 475 g/mol. The number of carbonyl (C=O) groups is 2. The highest BCUT2D eigenvalue weighted by Gasteiger charge is 2.35. The van der Waals surface area contributed by atoms with Gasteiger partial charge in [-0.25, -0.2) is 9.78 Å². The van der Waals surface area contributed by atoms with Gasteiger partial charge >= 0.3 is 5.97 Å². The van der Waals surface area contributed by atoms with Crippen LogP contribution in [0.2, 0.25) is 0 Å². The third-order valence-electron chi connectivity index (χ3n) is 6.06. The zero-order chi connectivity index (χ0) is 25.0. The Labute approximate surface area is 201 Å². The Morgan fingerprint density at radius 3 is 2.43 bits per heavy atom. The summed E-state index contributed by atoms with van der Waals surface area (Å²) in [5.74, 6) is -1.08. The molecule has 2 heterocycles. The molecule has 10 heteroatoms. The van der Waals surface area contributed by atoms with Crippen molar-refractivity contribution in [3.8, 4) is 0 Å². The molecule has 1 aliphatic heterocycles. The maximum absolute atomic E-state index is 13.0. The fraction of sp³-hybridized carbons (Fsp3) is 0.240. The van der Waals surface area contributed by atoms with E-state index in [0.717, 1.165) is 6.21 Å². The molecule has 3 aromatic rings. The lowest BCUT2D eigenvalue weighted by Gasteiger charge is -2.38. The molecule has 10 nitrogen and oxygen atoms in total. The number of rotatable bonds is 7. The summed E-state index contributed by atoms with van der Waals surface area (Å²) < 4.78 is 1.26. The Hall–Kier alpha value is -4.31. The second kappa shape index (κ2) is 9.90. The molecule has 0 bridgehead atoms. The molecule has 0 aliphatic carbocycles. The van der Waals surface area contributed by atoms with Crippen molar-refractivity contribution in [3.63, 3.8) is 0 Å². The minimum Gasteiger partial charge on any atom is -0.478 e. The van der Waals surface area contributed by atoms with Crippen LogP contribution < -0.4 is 10.9 Å². The predicted octanol–water partition coefficient (Wildman–Crippen LogP) is 2.35. The van der Waals surface area contributed by atoms with E-state index in [4.69, 9.17) is 10.5 Å². The van der Waals surface area contributed by atoms with Crippen LogP contribution in [0.3, 0.4) is 0 Å². The van der Waals surface area contributed by atoms with E-state index in [0.29, 0.717) is 37.2 Å². The van der Waals surface area contributed by atoms with Crippen LogP contribution in [0, 0.1) is 5.41 Å². The van der Waals surface area contributed by atoms with Crippen LogP contribution in [0.15, 0.2) is 65.7 Å². The molecule has 1 aliphatic rings. The number of carboxylic acid groups (broad SMARTS) is 1. The average Bonchev–Trinajstić information content (AvgIpc) is 2.86. The maximum Gasteiger partial charge on any atom is 0.335 e. The highest BCUT2D eigenvalue weighted by atomic mass is 16.4. The lowest BCUT2D eigenvalue weighted by molar-refractivity contribution is -0.0300. The summed E-state index contributed by atoms with van der Waals surface area (Å²) in [4.78, 5) is 42.8. The van der Waals surface area contributed by atoms with Crippen LogP contribution in [0.4, 0.5) is 11.5 Å². The standard InChI is InChI=1S/C25H25N5O5/c26-14-20-21(28-19-8-4-7-18(13-19)24(33)34)27-16-30(23(20)32)15-25(35)9-11-29(12-10-25)22(31)17-5-2-1-3-6-17/h1-8,13-14,16,26,28,35H,9-12,15H2,(H,33,34). The minimum atomic E-state index is -1.21. The number of amides is 1. The fourth-order valence-corrected chi connectivity index (χ4v) is 4.08. The number of hydrogen-bond donors (Lipinski definition) is 4. The summed E-state index contributed by atoms with van der Waals surface area (Å²) in [6.07, 6.45) is 2.75. The largest absolute Gasteiger partial charge is 0.478 e. The van der Waals surface area contributed by atoms with Gasteiger partial charge in [-0.1, -0.05) is 24.3 Å². The van der Waals surface area contributed by atoms with Crippen LogP contribution in [-0.2, 0) is 6.54 Å². The van der Waals surface area contributed by atoms with Crippen molar-refractivity contribution in [3.05, 3.63) is 88.0 Å². The Morgan fingerprint density at radius 2 is 1.77 bits per heavy atom. The minimum absolute atomic E-state index is 0.0199. The molecule has 1 fully saturated rings. The van der Waals surface area contributed by atoms with E-state index in [1.807, 2.05) is 6.07 Å². The number of aliphatic hydroxyl groups is 1. The van der Waals surface area contributed by atoms with Crippen molar-refractivity contribution in [1.82, 2.24) is 14.5 Å². The molecule has 1 aromatic heterocycles. The molecule has 0 radical (unpaired) electrons. The van der Waals surface area contributed by atoms with Gasteiger partial charge in [-0.05, 0) is 43.2 Å². The lowest BCUT2D eigenvalue weighted by atomic mass is 9.91. The van der Waals surface area contributed by atoms with Gasteiger partial charge in [0.05, 0.1) is 24.0 Å². The van der Waals surface area contributed by atoms with Gasteiger partial charge in [-0.2, -0.15) is 0 Å². The highest BCUT2D eigenvalue weighted by Crippen LogP contribution is 2.25. The summed E-state index contributed by atoms with van der Waals surface area (Å²) in [6.45, 7) is 0.675. The zero-order valence-electron chi connectivity index (χ0n) is 18.8. The van der Waals surface area contributed by atoms with Crippen LogP contribution in [0.1, 0.15) is 39.1 Å². The molecule has 35 heavy (non-hydrogen) atoms. The molecule has 4 N–H and O–H groups in total. The van der Waals surface area contributed by atoms with Crippen molar-refractivity contribution < 1.29 is 19.8 Å². The zero-order valence-corrected chi connectivity index (χ0v) is 18.8. The first-order chi connectivity index (χ1) is 16.8. The van der Waals surface area contributed by atoms with Gasteiger partial charge in [-0.15, -0.1) is 0 Å². The Bertz CT molecular complexity index is 1310. The Balaban J connectivity index is 1.48. The SMILES string of the molecule is N=Cc1c(Nc2cccc(C(=O)O)c2)ncn(CC2(O)CCN(C(=O)c3ccccc3)CC2)c1=O. The molecule has 4 rings (SSSR count). The second-order valence-electron chi connectivity index (χ2n) is 8.48. The molecule has 0 saturated carbocycles. The van der Waals surface area contributed by atoms with Crippen molar-refractivity contribution in [2.24, 2.45) is 0 Å². The van der Waals surface area contributed by atoms with Gasteiger partial charge in [0, 0.05) is 30.6 Å². The fourth-order valence-electron chi connectivity index (χ4n) is 4.08. The van der Waals surface area contributed by atoms with Crippen molar-refractivity contribution >= 4 is 29.6 Å². The van der Waals surface area contributed by atoms with Gasteiger partial charge in [0.1, 0.15) is 11.4 Å². The van der Waals surface area contributed by atoms with Gasteiger partial charge in [-0.3, -0.25) is 14.2 Å². The van der Waals surface area contributed by atoms with E-state index < -0.39 is 17.1 Å². The summed E-state index contributed by atoms with van der Waals surface area (Å²) in [5.41, 5.74) is -0.670. The molecule has 0 atom stereocenters. The van der Waals surface area contributed by atoms with Crippen molar-refractivity contribution in [2.45, 2.75) is 25.0 Å². The smallest absolute Gasteiger partial charge is 0.335 e. The molecule has 1 amide bonds. The predicted molar refractivity (Wildman–Crippen MR) is 130 cm³/mol.